The number of methoxy groups -OCH3 is 2. The van der Waals surface area contributed by atoms with Crippen molar-refractivity contribution in [3.8, 4) is 11.5 Å². The van der Waals surface area contributed by atoms with Gasteiger partial charge in [-0.2, -0.15) is 0 Å². The van der Waals surface area contributed by atoms with E-state index in [1.165, 1.54) is 18.1 Å². The van der Waals surface area contributed by atoms with E-state index in [-0.39, 0.29) is 29.9 Å². The Morgan fingerprint density at radius 2 is 1.83 bits per heavy atom. The number of carbonyl (C=O) groups excluding carboxylic acids is 1. The molecule has 0 radical (unpaired) electrons. The minimum absolute atomic E-state index is 0. The first-order valence-corrected chi connectivity index (χ1v) is 9.60. The van der Waals surface area contributed by atoms with Gasteiger partial charge in [-0.3, -0.25) is 9.79 Å². The molecule has 0 aromatic heterocycles. The number of nitrogens with one attached hydrogen (secondary N) is 2. The van der Waals surface area contributed by atoms with E-state index in [9.17, 15) is 4.79 Å². The molecule has 0 saturated heterocycles. The van der Waals surface area contributed by atoms with Crippen molar-refractivity contribution in [2.24, 2.45) is 4.99 Å². The highest BCUT2D eigenvalue weighted by atomic mass is 127. The average molecular weight is 524 g/mol. The molecule has 30 heavy (non-hydrogen) atoms. The Morgan fingerprint density at radius 1 is 1.13 bits per heavy atom. The van der Waals surface area contributed by atoms with Gasteiger partial charge in [0.1, 0.15) is 0 Å². The van der Waals surface area contributed by atoms with E-state index in [0.717, 1.165) is 48.2 Å². The summed E-state index contributed by atoms with van der Waals surface area (Å²) in [6.07, 6.45) is 0.911. The number of anilines is 1. The summed E-state index contributed by atoms with van der Waals surface area (Å²) >= 11 is 0. The number of rotatable bonds is 5. The highest BCUT2D eigenvalue weighted by Gasteiger charge is 2.21. The Bertz CT molecular complexity index is 917. The van der Waals surface area contributed by atoms with Gasteiger partial charge in [0, 0.05) is 39.3 Å². The molecule has 0 atom stereocenters. The molecule has 0 spiro atoms. The second-order valence-electron chi connectivity index (χ2n) is 6.93. The predicted octanol–water partition coefficient (Wildman–Crippen LogP) is 3.41. The Kier molecular flexibility index (Phi) is 8.76. The summed E-state index contributed by atoms with van der Waals surface area (Å²) in [7, 11) is 5.10. The molecule has 2 aromatic carbocycles. The zero-order valence-corrected chi connectivity index (χ0v) is 20.2. The number of hydrogen-bond donors (Lipinski definition) is 2. The van der Waals surface area contributed by atoms with Crippen LogP contribution in [0.3, 0.4) is 0 Å². The topological polar surface area (TPSA) is 75.2 Å². The Labute approximate surface area is 194 Å². The lowest BCUT2D eigenvalue weighted by molar-refractivity contribution is -0.114. The van der Waals surface area contributed by atoms with Crippen LogP contribution in [0.15, 0.2) is 41.4 Å². The molecule has 1 aliphatic rings. The molecule has 162 valence electrons. The van der Waals surface area contributed by atoms with Crippen molar-refractivity contribution >= 4 is 41.5 Å². The molecular weight excluding hydrogens is 495 g/mol. The fraction of sp³-hybridized carbons (Fsp3) is 0.364. The van der Waals surface area contributed by atoms with Crippen LogP contribution in [-0.4, -0.2) is 44.6 Å². The molecule has 0 bridgehead atoms. The number of amides is 1. The van der Waals surface area contributed by atoms with Crippen molar-refractivity contribution in [2.75, 3.05) is 33.1 Å². The maximum Gasteiger partial charge on any atom is 0.221 e. The van der Waals surface area contributed by atoms with Crippen LogP contribution >= 0.6 is 24.0 Å². The van der Waals surface area contributed by atoms with E-state index in [1.807, 2.05) is 30.3 Å². The second-order valence-corrected chi connectivity index (χ2v) is 6.93. The number of fused-ring (bicyclic) bond motifs is 1. The van der Waals surface area contributed by atoms with Crippen LogP contribution in [0.25, 0.3) is 0 Å². The molecule has 0 aliphatic carbocycles. The van der Waals surface area contributed by atoms with Crippen LogP contribution < -0.4 is 20.1 Å². The third kappa shape index (κ3) is 5.78. The van der Waals surface area contributed by atoms with E-state index in [0.29, 0.717) is 6.54 Å². The van der Waals surface area contributed by atoms with Crippen molar-refractivity contribution in [2.45, 2.75) is 26.4 Å². The number of hydrogen-bond acceptors (Lipinski definition) is 4. The van der Waals surface area contributed by atoms with Crippen LogP contribution in [-0.2, 0) is 24.3 Å². The fourth-order valence-corrected chi connectivity index (χ4v) is 3.54. The van der Waals surface area contributed by atoms with E-state index < -0.39 is 0 Å². The zero-order valence-electron chi connectivity index (χ0n) is 17.8. The molecule has 8 heteroatoms. The lowest BCUT2D eigenvalue weighted by Crippen LogP contribution is -2.43. The summed E-state index contributed by atoms with van der Waals surface area (Å²) < 4.78 is 10.9. The maximum absolute atomic E-state index is 11.3. The third-order valence-corrected chi connectivity index (χ3v) is 4.93. The minimum Gasteiger partial charge on any atom is -0.493 e. The molecule has 0 saturated carbocycles. The van der Waals surface area contributed by atoms with Crippen molar-refractivity contribution in [3.05, 3.63) is 53.1 Å². The largest absolute Gasteiger partial charge is 0.493 e. The monoisotopic (exact) mass is 524 g/mol. The molecule has 1 amide bonds. The van der Waals surface area contributed by atoms with Gasteiger partial charge in [-0.15, -0.1) is 24.0 Å². The Morgan fingerprint density at radius 3 is 2.47 bits per heavy atom. The first kappa shape index (κ1) is 23.8. The number of benzene rings is 2. The lowest BCUT2D eigenvalue weighted by atomic mass is 9.99. The molecular formula is C22H29IN4O3. The minimum atomic E-state index is -0.0787. The number of carbonyl (C=O) groups is 1. The van der Waals surface area contributed by atoms with Gasteiger partial charge >= 0.3 is 0 Å². The molecule has 0 fully saturated rings. The Hall–Kier alpha value is -2.49. The van der Waals surface area contributed by atoms with E-state index in [1.54, 1.807) is 21.3 Å². The quantitative estimate of drug-likeness (QED) is 0.357. The van der Waals surface area contributed by atoms with Crippen molar-refractivity contribution in [1.82, 2.24) is 10.2 Å². The summed E-state index contributed by atoms with van der Waals surface area (Å²) in [5.41, 5.74) is 4.35. The highest BCUT2D eigenvalue weighted by molar-refractivity contribution is 14.0. The van der Waals surface area contributed by atoms with Crippen LogP contribution in [0.4, 0.5) is 5.69 Å². The number of aliphatic imine (C=N–C) groups is 1. The first-order chi connectivity index (χ1) is 14.0. The number of guanidine groups is 1. The summed E-state index contributed by atoms with van der Waals surface area (Å²) in [5.74, 6) is 2.27. The molecule has 7 nitrogen and oxygen atoms in total. The van der Waals surface area contributed by atoms with Gasteiger partial charge < -0.3 is 25.0 Å². The lowest BCUT2D eigenvalue weighted by Gasteiger charge is -2.32. The van der Waals surface area contributed by atoms with Crippen LogP contribution in [0.1, 0.15) is 23.6 Å². The fourth-order valence-electron chi connectivity index (χ4n) is 3.54. The Balaban J connectivity index is 0.00000320. The SMILES string of the molecule is CN=C(NCc1cccc(NC(C)=O)c1)N1CCc2cc(OC)c(OC)cc2C1.I. The van der Waals surface area contributed by atoms with Crippen LogP contribution in [0.2, 0.25) is 0 Å². The van der Waals surface area contributed by atoms with Gasteiger partial charge in [-0.25, -0.2) is 0 Å². The standard InChI is InChI=1S/C22H28N4O3.HI/c1-15(27)25-19-7-5-6-16(10-19)13-24-22(23-2)26-9-8-17-11-20(28-3)21(29-4)12-18(17)14-26;/h5-7,10-12H,8-9,13-14H2,1-4H3,(H,23,24)(H,25,27);1H. The summed E-state index contributed by atoms with van der Waals surface area (Å²) in [6, 6.07) is 11.9. The number of halogens is 1. The van der Waals surface area contributed by atoms with Gasteiger partial charge in [-0.05, 0) is 47.4 Å². The van der Waals surface area contributed by atoms with E-state index in [2.05, 4.69) is 26.6 Å². The van der Waals surface area contributed by atoms with Gasteiger partial charge in [0.05, 0.1) is 14.2 Å². The number of nitrogens with zero attached hydrogens (tertiary/aromatic N) is 2. The zero-order chi connectivity index (χ0) is 20.8. The summed E-state index contributed by atoms with van der Waals surface area (Å²) in [6.45, 7) is 3.75. The maximum atomic E-state index is 11.3. The van der Waals surface area contributed by atoms with Crippen LogP contribution in [0, 0.1) is 0 Å². The summed E-state index contributed by atoms with van der Waals surface area (Å²) in [4.78, 5) is 17.9. The summed E-state index contributed by atoms with van der Waals surface area (Å²) in [5, 5.41) is 6.24. The molecule has 2 N–H and O–H groups in total. The van der Waals surface area contributed by atoms with Gasteiger partial charge in [0.15, 0.2) is 17.5 Å². The normalized spacial score (nSPS) is 13.1. The smallest absolute Gasteiger partial charge is 0.221 e. The molecule has 3 rings (SSSR count). The van der Waals surface area contributed by atoms with Gasteiger partial charge in [0.25, 0.3) is 0 Å². The second kappa shape index (κ2) is 11.1. The molecule has 0 unspecified atom stereocenters. The molecule has 2 aromatic rings. The predicted molar refractivity (Wildman–Crippen MR) is 130 cm³/mol. The van der Waals surface area contributed by atoms with E-state index >= 15 is 0 Å². The van der Waals surface area contributed by atoms with Crippen molar-refractivity contribution in [1.29, 1.82) is 0 Å². The molecule has 1 aliphatic heterocycles. The van der Waals surface area contributed by atoms with Crippen molar-refractivity contribution in [3.63, 3.8) is 0 Å². The average Bonchev–Trinajstić information content (AvgIpc) is 2.72. The first-order valence-electron chi connectivity index (χ1n) is 9.60. The number of ether oxygens (including phenoxy) is 2. The van der Waals surface area contributed by atoms with Gasteiger partial charge in [-0.1, -0.05) is 12.1 Å². The molecule has 1 heterocycles. The van der Waals surface area contributed by atoms with Crippen LogP contribution in [0.5, 0.6) is 11.5 Å². The highest BCUT2D eigenvalue weighted by Crippen LogP contribution is 2.33. The van der Waals surface area contributed by atoms with Crippen molar-refractivity contribution < 1.29 is 14.3 Å². The van der Waals surface area contributed by atoms with E-state index in [4.69, 9.17) is 9.47 Å². The third-order valence-electron chi connectivity index (χ3n) is 4.93. The van der Waals surface area contributed by atoms with Gasteiger partial charge in [0.2, 0.25) is 5.91 Å².